The van der Waals surface area contributed by atoms with E-state index in [0.29, 0.717) is 55.1 Å². The number of ketones is 1. The van der Waals surface area contributed by atoms with E-state index >= 15 is 0 Å². The lowest BCUT2D eigenvalue weighted by Gasteiger charge is -2.70. The van der Waals surface area contributed by atoms with E-state index in [-0.39, 0.29) is 34.4 Å². The summed E-state index contributed by atoms with van der Waals surface area (Å²) in [5.41, 5.74) is 0.346. The molecule has 20 heteroatoms. The van der Waals surface area contributed by atoms with Crippen molar-refractivity contribution in [1.82, 2.24) is 4.98 Å². The van der Waals surface area contributed by atoms with Crippen molar-refractivity contribution in [2.45, 2.75) is 180 Å². The lowest BCUT2D eigenvalue weighted by atomic mass is 9.33. The molecule has 0 radical (unpaired) electrons. The molecule has 83 heavy (non-hydrogen) atoms. The fourth-order valence-electron chi connectivity index (χ4n) is 16.7. The Bertz CT molecular complexity index is 3000. The number of methoxy groups -OCH3 is 4. The molecule has 6 fully saturated rings. The minimum absolute atomic E-state index is 0.0128. The van der Waals surface area contributed by atoms with E-state index in [1.165, 1.54) is 0 Å². The number of aromatic nitrogens is 1. The molecule has 7 aliphatic rings. The Balaban J connectivity index is 0.000000275. The van der Waals surface area contributed by atoms with Gasteiger partial charge in [0, 0.05) is 23.9 Å². The number of carbonyl (C=O) groups is 4. The Hall–Kier alpha value is -5.45. The number of fused-ring (bicyclic) bond motifs is 8. The van der Waals surface area contributed by atoms with Crippen LogP contribution in [0.4, 0.5) is 0 Å². The van der Waals surface area contributed by atoms with Crippen molar-refractivity contribution in [2.24, 2.45) is 56.2 Å². The van der Waals surface area contributed by atoms with Crippen LogP contribution in [-0.2, 0) is 39.8 Å². The highest BCUT2D eigenvalue weighted by atomic mass is 16.7. The minimum atomic E-state index is -1.99. The maximum Gasteiger partial charge on any atom is 0.335 e. The Morgan fingerprint density at radius 1 is 0.687 bits per heavy atom. The number of aliphatic hydroxyl groups excluding tert-OH is 5. The smallest absolute Gasteiger partial charge is 0.335 e. The van der Waals surface area contributed by atoms with E-state index in [1.807, 2.05) is 69.4 Å². The van der Waals surface area contributed by atoms with Crippen LogP contribution < -0.4 is 18.9 Å². The molecule has 2 aromatic carbocycles. The molecule has 10 rings (SSSR count). The Labute approximate surface area is 484 Å². The molecule has 0 spiro atoms. The fraction of sp³-hybridized carbons (Fsp3) is 0.667. The zero-order valence-corrected chi connectivity index (χ0v) is 49.5. The molecule has 0 bridgehead atoms. The van der Waals surface area contributed by atoms with Gasteiger partial charge in [0.05, 0.1) is 63.8 Å². The van der Waals surface area contributed by atoms with Crippen LogP contribution in [-0.4, -0.2) is 159 Å². The average molecular weight is 1160 g/mol. The molecule has 0 unspecified atom stereocenters. The monoisotopic (exact) mass is 1160 g/mol. The number of allylic oxidation sites excluding steroid dienone is 2. The van der Waals surface area contributed by atoms with Gasteiger partial charge in [0.25, 0.3) is 0 Å². The van der Waals surface area contributed by atoms with Crippen molar-refractivity contribution < 1.29 is 93.2 Å². The summed E-state index contributed by atoms with van der Waals surface area (Å²) in [5.74, 6) is -2.86. The quantitative estimate of drug-likeness (QED) is 0.0819. The molecule has 5 saturated carbocycles. The van der Waals surface area contributed by atoms with E-state index in [4.69, 9.17) is 33.2 Å². The number of carboxylic acid groups (broad SMARTS) is 3. The second-order valence-corrected chi connectivity index (χ2v) is 26.6. The number of carbonyl (C=O) groups excluding carboxylic acids is 1. The molecule has 3 aromatic rings. The van der Waals surface area contributed by atoms with Gasteiger partial charge in [-0.2, -0.15) is 0 Å². The van der Waals surface area contributed by atoms with Crippen LogP contribution in [0.25, 0.3) is 10.8 Å². The number of hydrogen-bond acceptors (Lipinski definition) is 17. The first-order valence-corrected chi connectivity index (χ1v) is 29.0. The van der Waals surface area contributed by atoms with Crippen LogP contribution in [0.5, 0.6) is 23.0 Å². The first kappa shape index (κ1) is 62.1. The summed E-state index contributed by atoms with van der Waals surface area (Å²) in [4.78, 5) is 56.0. The minimum Gasteiger partial charge on any atom is -0.493 e. The third-order valence-electron chi connectivity index (χ3n) is 21.9. The average Bonchev–Trinajstić information content (AvgIpc) is 0.770. The van der Waals surface area contributed by atoms with Gasteiger partial charge in [-0.25, -0.2) is 4.79 Å². The standard InChI is InChI=1S/C43H64O15.C20H21NO4/c1-38(2)24-8-11-43(7)33(22(44)17-20-21-18-40(4,37(54)55)13-12-39(21,3)14-15-42(20,43)6)41(24,5)10-9-25(38)57-36-32(30(49)29(48)31(58-36)35(52)53)56-23-16-19(34(50)51)26(45)28(47)27(23)46;1-22-17-6-5-13(10-18(17)23-2)9-16-15-12-20(25-4)19(24-3)11-14(15)7-8-21-16/h17,19,21,23-33,36,45-49H,8-16,18H2,1-7H3,(H,50,51)(H,52,53)(H,54,55);5-8,10-12H,9H2,1-4H3/t19-,21-,23+,24+,25-,26+,27+,28-,29-,30-,31-,32+,33-,36-,39-,40-,41-,42+,43+;/m0./s1. The summed E-state index contributed by atoms with van der Waals surface area (Å²) in [6, 6.07) is 11.8. The summed E-state index contributed by atoms with van der Waals surface area (Å²) < 4.78 is 39.9. The topological polar surface area (TPSA) is 308 Å². The molecule has 2 heterocycles. The Kier molecular flexibility index (Phi) is 17.0. The zero-order valence-electron chi connectivity index (χ0n) is 49.5. The highest BCUT2D eigenvalue weighted by Crippen LogP contribution is 2.75. The number of hydrogen-bond donors (Lipinski definition) is 8. The summed E-state index contributed by atoms with van der Waals surface area (Å²) >= 11 is 0. The Morgan fingerprint density at radius 3 is 1.98 bits per heavy atom. The van der Waals surface area contributed by atoms with Crippen molar-refractivity contribution in [3.8, 4) is 23.0 Å². The van der Waals surface area contributed by atoms with E-state index in [2.05, 4.69) is 32.7 Å². The van der Waals surface area contributed by atoms with Crippen molar-refractivity contribution in [3.05, 3.63) is 65.5 Å². The molecule has 1 aliphatic heterocycles. The summed E-state index contributed by atoms with van der Waals surface area (Å²) in [7, 11) is 6.53. The third-order valence-corrected chi connectivity index (χ3v) is 21.9. The van der Waals surface area contributed by atoms with E-state index in [9.17, 15) is 60.0 Å². The molecule has 8 N–H and O–H groups in total. The van der Waals surface area contributed by atoms with Crippen molar-refractivity contribution in [1.29, 1.82) is 0 Å². The lowest BCUT2D eigenvalue weighted by Crippen LogP contribution is -2.68. The zero-order chi connectivity index (χ0) is 60.7. The SMILES string of the molecule is CC1(C)[C@@H](O[C@H]2O[C@H](C(=O)O)[C@@H](O)[C@H](O)[C@H]2O[C@@H]2C[C@H](C(=O)O)[C@@H](O)[C@H](O)[C@@H]2O)CC[C@@]2(C)[C@@H]1CC[C@]1(C)[C@H]2C(=O)C=C2[C@@H]3C[C@@](C)(C(=O)O)CC[C@@]3(C)CC[C@]21C.COc1ccc(Cc2nccc3cc(OC)c(OC)cc23)cc1OC. The number of nitrogens with zero attached hydrogens (tertiary/aromatic N) is 1. The van der Waals surface area contributed by atoms with Gasteiger partial charge < -0.3 is 74.0 Å². The van der Waals surface area contributed by atoms with Crippen molar-refractivity contribution in [3.63, 3.8) is 0 Å². The van der Waals surface area contributed by atoms with Gasteiger partial charge in [-0.1, -0.05) is 53.2 Å². The Morgan fingerprint density at radius 2 is 1.34 bits per heavy atom. The lowest BCUT2D eigenvalue weighted by molar-refractivity contribution is -0.341. The molecule has 1 saturated heterocycles. The highest BCUT2D eigenvalue weighted by Gasteiger charge is 2.71. The third kappa shape index (κ3) is 10.5. The van der Waals surface area contributed by atoms with E-state index in [1.54, 1.807) is 28.4 Å². The highest BCUT2D eigenvalue weighted by molar-refractivity contribution is 5.96. The number of aliphatic carboxylic acids is 3. The maximum atomic E-state index is 14.9. The van der Waals surface area contributed by atoms with Gasteiger partial charge in [-0.05, 0) is 157 Å². The molecule has 20 nitrogen and oxygen atoms in total. The normalized spacial score (nSPS) is 39.9. The number of rotatable bonds is 13. The summed E-state index contributed by atoms with van der Waals surface area (Å²) in [5, 5.41) is 85.7. The summed E-state index contributed by atoms with van der Waals surface area (Å²) in [6.45, 7) is 14.9. The molecular formula is C63H85NO19. The second kappa shape index (κ2) is 22.8. The molecule has 19 atom stereocenters. The van der Waals surface area contributed by atoms with Crippen LogP contribution in [0.3, 0.4) is 0 Å². The van der Waals surface area contributed by atoms with Crippen LogP contribution >= 0.6 is 0 Å². The van der Waals surface area contributed by atoms with Crippen molar-refractivity contribution >= 4 is 34.5 Å². The maximum absolute atomic E-state index is 14.9. The predicted molar refractivity (Wildman–Crippen MR) is 300 cm³/mol. The number of pyridine rings is 1. The predicted octanol–water partition coefficient (Wildman–Crippen LogP) is 6.77. The molecule has 456 valence electrons. The van der Waals surface area contributed by atoms with Gasteiger partial charge in [-0.3, -0.25) is 19.4 Å². The molecule has 6 aliphatic carbocycles. The number of aliphatic hydroxyl groups is 5. The second-order valence-electron chi connectivity index (χ2n) is 26.6. The summed E-state index contributed by atoms with van der Waals surface area (Å²) in [6.07, 6.45) is -6.56. The van der Waals surface area contributed by atoms with Gasteiger partial charge in [0.1, 0.15) is 30.5 Å². The number of carboxylic acids is 3. The van der Waals surface area contributed by atoms with Crippen LogP contribution in [0.2, 0.25) is 0 Å². The molecule has 1 aromatic heterocycles. The molecular weight excluding hydrogens is 1070 g/mol. The largest absolute Gasteiger partial charge is 0.493 e. The van der Waals surface area contributed by atoms with E-state index < -0.39 is 113 Å². The fourth-order valence-corrected chi connectivity index (χ4v) is 16.7. The van der Waals surface area contributed by atoms with Crippen LogP contribution in [0.1, 0.15) is 124 Å². The van der Waals surface area contributed by atoms with Gasteiger partial charge in [-0.15, -0.1) is 0 Å². The number of ether oxygens (including phenoxy) is 7. The first-order chi connectivity index (χ1) is 39.0. The van der Waals surface area contributed by atoms with Gasteiger partial charge >= 0.3 is 17.9 Å². The van der Waals surface area contributed by atoms with Crippen molar-refractivity contribution in [2.75, 3.05) is 28.4 Å². The van der Waals surface area contributed by atoms with Crippen LogP contribution in [0, 0.1) is 56.2 Å². The van der Waals surface area contributed by atoms with E-state index in [0.717, 1.165) is 59.7 Å². The number of benzene rings is 2. The van der Waals surface area contributed by atoms with Gasteiger partial charge in [0.2, 0.25) is 0 Å². The van der Waals surface area contributed by atoms with Gasteiger partial charge in [0.15, 0.2) is 41.2 Å². The first-order valence-electron chi connectivity index (χ1n) is 29.0. The van der Waals surface area contributed by atoms with Crippen LogP contribution in [0.15, 0.2) is 54.2 Å². The molecule has 0 amide bonds.